The number of anilines is 1. The number of carbonyl (C=O) groups excluding carboxylic acids is 1. The Balaban J connectivity index is 1.78. The highest BCUT2D eigenvalue weighted by Gasteiger charge is 2.34. The van der Waals surface area contributed by atoms with Crippen LogP contribution in [0.2, 0.25) is 0 Å². The molecule has 136 valence electrons. The highest BCUT2D eigenvalue weighted by Crippen LogP contribution is 2.21. The van der Waals surface area contributed by atoms with E-state index < -0.39 is 0 Å². The van der Waals surface area contributed by atoms with Crippen molar-refractivity contribution >= 4 is 22.9 Å². The molecular weight excluding hydrogens is 323 g/mol. The van der Waals surface area contributed by atoms with E-state index in [9.17, 15) is 9.18 Å². The molecule has 3 rings (SSSR count). The molecule has 0 spiro atoms. The van der Waals surface area contributed by atoms with Gasteiger partial charge in [0.25, 0.3) is 0 Å². The zero-order valence-electron chi connectivity index (χ0n) is 15.0. The summed E-state index contributed by atoms with van der Waals surface area (Å²) in [5.74, 6) is 0.0196. The molecule has 1 aliphatic heterocycles. The van der Waals surface area contributed by atoms with E-state index in [-0.39, 0.29) is 35.9 Å². The number of nitrogens with one attached hydrogen (secondary N) is 2. The first-order chi connectivity index (χ1) is 11.8. The molecule has 25 heavy (non-hydrogen) atoms. The van der Waals surface area contributed by atoms with Gasteiger partial charge in [-0.3, -0.25) is 15.0 Å². The second kappa shape index (κ2) is 7.09. The fraction of sp³-hybridized carbons (Fsp3) is 0.556. The number of ether oxygens (including phenoxy) is 1. The summed E-state index contributed by atoms with van der Waals surface area (Å²) in [4.78, 5) is 22.3. The van der Waals surface area contributed by atoms with Crippen molar-refractivity contribution < 1.29 is 13.9 Å². The number of fused-ring (bicyclic) bond motifs is 1. The molecule has 7 heteroatoms. The molecule has 1 saturated heterocycles. The summed E-state index contributed by atoms with van der Waals surface area (Å²) in [6.07, 6.45) is 0.180. The number of nitrogens with zero attached hydrogens (tertiary/aromatic N) is 2. The van der Waals surface area contributed by atoms with Crippen LogP contribution in [0.15, 0.2) is 18.2 Å². The van der Waals surface area contributed by atoms with Crippen molar-refractivity contribution in [3.63, 3.8) is 0 Å². The summed E-state index contributed by atoms with van der Waals surface area (Å²) < 4.78 is 19.1. The van der Waals surface area contributed by atoms with Gasteiger partial charge in [-0.1, -0.05) is 13.8 Å². The van der Waals surface area contributed by atoms with Gasteiger partial charge in [-0.15, -0.1) is 0 Å². The van der Waals surface area contributed by atoms with Crippen molar-refractivity contribution in [3.8, 4) is 0 Å². The Hall–Kier alpha value is -1.99. The Labute approximate surface area is 146 Å². The second-order valence-electron chi connectivity index (χ2n) is 7.14. The molecule has 1 aromatic carbocycles. The van der Waals surface area contributed by atoms with Gasteiger partial charge in [-0.2, -0.15) is 0 Å². The Bertz CT molecular complexity index is 751. The maximum atomic E-state index is 13.3. The molecule has 6 nitrogen and oxygen atoms in total. The van der Waals surface area contributed by atoms with Crippen molar-refractivity contribution in [2.75, 3.05) is 18.4 Å². The predicted octanol–water partition coefficient (Wildman–Crippen LogP) is 2.77. The smallest absolute Gasteiger partial charge is 0.244 e. The third-order valence-corrected chi connectivity index (χ3v) is 4.43. The minimum absolute atomic E-state index is 0.0898. The first kappa shape index (κ1) is 17.8. The zero-order valence-corrected chi connectivity index (χ0v) is 15.0. The summed E-state index contributed by atoms with van der Waals surface area (Å²) in [7, 11) is 0. The Morgan fingerprint density at radius 3 is 2.68 bits per heavy atom. The first-order valence-corrected chi connectivity index (χ1v) is 8.69. The van der Waals surface area contributed by atoms with Gasteiger partial charge < -0.3 is 9.72 Å². The van der Waals surface area contributed by atoms with Gasteiger partial charge in [0.1, 0.15) is 5.82 Å². The summed E-state index contributed by atoms with van der Waals surface area (Å²) in [5, 5.41) is 2.85. The number of halogens is 1. The number of aromatic nitrogens is 2. The predicted molar refractivity (Wildman–Crippen MR) is 94.9 cm³/mol. The van der Waals surface area contributed by atoms with Gasteiger partial charge in [0.05, 0.1) is 29.3 Å². The van der Waals surface area contributed by atoms with Crippen LogP contribution in [0.5, 0.6) is 0 Å². The number of H-pyrrole nitrogens is 1. The quantitative estimate of drug-likeness (QED) is 0.891. The number of carbonyl (C=O) groups is 1. The van der Waals surface area contributed by atoms with Crippen molar-refractivity contribution in [3.05, 3.63) is 24.0 Å². The third-order valence-electron chi connectivity index (χ3n) is 4.43. The molecule has 2 N–H and O–H groups in total. The molecule has 1 aliphatic rings. The Kier molecular flexibility index (Phi) is 5.06. The molecule has 0 bridgehead atoms. The SMILES string of the molecule is CC1CN(C(C(=O)Nc2nc3ccc(F)cc3[nH]2)C(C)C)CC(C)O1. The van der Waals surface area contributed by atoms with Crippen LogP contribution in [0.4, 0.5) is 10.3 Å². The summed E-state index contributed by atoms with van der Waals surface area (Å²) >= 11 is 0. The molecule has 2 heterocycles. The van der Waals surface area contributed by atoms with E-state index in [2.05, 4.69) is 20.2 Å². The van der Waals surface area contributed by atoms with Crippen molar-refractivity contribution in [2.45, 2.75) is 45.9 Å². The number of benzene rings is 1. The number of rotatable bonds is 4. The Morgan fingerprint density at radius 2 is 2.04 bits per heavy atom. The van der Waals surface area contributed by atoms with Gasteiger partial charge in [-0.05, 0) is 38.0 Å². The van der Waals surface area contributed by atoms with Crippen LogP contribution in [-0.4, -0.2) is 52.1 Å². The Morgan fingerprint density at radius 1 is 1.36 bits per heavy atom. The monoisotopic (exact) mass is 348 g/mol. The summed E-state index contributed by atoms with van der Waals surface area (Å²) in [5.41, 5.74) is 1.18. The molecule has 1 amide bonds. The van der Waals surface area contributed by atoms with E-state index in [1.807, 2.05) is 27.7 Å². The van der Waals surface area contributed by atoms with Crippen LogP contribution < -0.4 is 5.32 Å². The lowest BCUT2D eigenvalue weighted by atomic mass is 10.00. The van der Waals surface area contributed by atoms with E-state index in [1.165, 1.54) is 12.1 Å². The van der Waals surface area contributed by atoms with E-state index in [1.54, 1.807) is 6.07 Å². The number of hydrogen-bond acceptors (Lipinski definition) is 4. The lowest BCUT2D eigenvalue weighted by molar-refractivity contribution is -0.130. The fourth-order valence-corrected chi connectivity index (χ4v) is 3.57. The molecule has 3 atom stereocenters. The zero-order chi connectivity index (χ0) is 18.1. The lowest BCUT2D eigenvalue weighted by Gasteiger charge is -2.40. The van der Waals surface area contributed by atoms with Crippen molar-refractivity contribution in [1.29, 1.82) is 0 Å². The second-order valence-corrected chi connectivity index (χ2v) is 7.14. The van der Waals surface area contributed by atoms with E-state index in [0.29, 0.717) is 30.1 Å². The first-order valence-electron chi connectivity index (χ1n) is 8.69. The van der Waals surface area contributed by atoms with Gasteiger partial charge in [0.2, 0.25) is 11.9 Å². The molecule has 3 unspecified atom stereocenters. The van der Waals surface area contributed by atoms with Gasteiger partial charge in [0, 0.05) is 13.1 Å². The summed E-state index contributed by atoms with van der Waals surface area (Å²) in [6, 6.07) is 4.02. The van der Waals surface area contributed by atoms with Crippen LogP contribution in [0.3, 0.4) is 0 Å². The third kappa shape index (κ3) is 3.99. The number of morpholine rings is 1. The van der Waals surface area contributed by atoms with Crippen LogP contribution in [0.1, 0.15) is 27.7 Å². The van der Waals surface area contributed by atoms with E-state index in [0.717, 1.165) is 0 Å². The van der Waals surface area contributed by atoms with Crippen LogP contribution in [0, 0.1) is 11.7 Å². The largest absolute Gasteiger partial charge is 0.373 e. The van der Waals surface area contributed by atoms with Crippen molar-refractivity contribution in [2.24, 2.45) is 5.92 Å². The van der Waals surface area contributed by atoms with Crippen molar-refractivity contribution in [1.82, 2.24) is 14.9 Å². The van der Waals surface area contributed by atoms with Gasteiger partial charge >= 0.3 is 0 Å². The van der Waals surface area contributed by atoms with E-state index in [4.69, 9.17) is 4.74 Å². The minimum Gasteiger partial charge on any atom is -0.373 e. The summed E-state index contributed by atoms with van der Waals surface area (Å²) in [6.45, 7) is 9.53. The molecule has 0 saturated carbocycles. The maximum absolute atomic E-state index is 13.3. The highest BCUT2D eigenvalue weighted by molar-refractivity contribution is 5.95. The van der Waals surface area contributed by atoms with Crippen LogP contribution >= 0.6 is 0 Å². The maximum Gasteiger partial charge on any atom is 0.244 e. The molecule has 0 radical (unpaired) electrons. The average molecular weight is 348 g/mol. The minimum atomic E-state index is -0.342. The normalized spacial score (nSPS) is 23.1. The van der Waals surface area contributed by atoms with Gasteiger partial charge in [0.15, 0.2) is 0 Å². The number of aromatic amines is 1. The fourth-order valence-electron chi connectivity index (χ4n) is 3.57. The molecule has 1 fully saturated rings. The topological polar surface area (TPSA) is 70.2 Å². The number of imidazole rings is 1. The van der Waals surface area contributed by atoms with E-state index >= 15 is 0 Å². The highest BCUT2D eigenvalue weighted by atomic mass is 19.1. The van der Waals surface area contributed by atoms with Crippen LogP contribution in [0.25, 0.3) is 11.0 Å². The standard InChI is InChI=1S/C18H25FN4O2/c1-10(2)16(23-8-11(3)25-12(4)9-23)17(24)22-18-20-14-6-5-13(19)7-15(14)21-18/h5-7,10-12,16H,8-9H2,1-4H3,(H2,20,21,22,24). The lowest BCUT2D eigenvalue weighted by Crippen LogP contribution is -2.55. The van der Waals surface area contributed by atoms with Crippen LogP contribution in [-0.2, 0) is 9.53 Å². The molecule has 0 aliphatic carbocycles. The van der Waals surface area contributed by atoms with Gasteiger partial charge in [-0.25, -0.2) is 9.37 Å². The number of amides is 1. The molecule has 1 aromatic heterocycles. The number of hydrogen-bond donors (Lipinski definition) is 2. The molecular formula is C18H25FN4O2. The average Bonchev–Trinajstić information content (AvgIpc) is 2.86. The molecule has 2 aromatic rings.